The van der Waals surface area contributed by atoms with Crippen LogP contribution in [0.15, 0.2) is 28.7 Å². The second kappa shape index (κ2) is 7.68. The molecule has 0 radical (unpaired) electrons. The van der Waals surface area contributed by atoms with Crippen molar-refractivity contribution in [2.24, 2.45) is 0 Å². The number of hydrogen-bond donors (Lipinski definition) is 1. The number of nitrogens with zero attached hydrogens (tertiary/aromatic N) is 1. The van der Waals surface area contributed by atoms with Crippen LogP contribution >= 0.6 is 15.9 Å². The zero-order valence-corrected chi connectivity index (χ0v) is 14.1. The molecule has 0 fully saturated rings. The lowest BCUT2D eigenvalue weighted by molar-refractivity contribution is -0.873. The number of halogens is 1. The molecule has 0 bridgehead atoms. The average Bonchev–Trinajstić information content (AvgIpc) is 2.34. The van der Waals surface area contributed by atoms with Crippen LogP contribution in [0.1, 0.15) is 16.8 Å². The van der Waals surface area contributed by atoms with E-state index in [1.165, 1.54) is 0 Å². The number of aliphatic hydroxyl groups is 1. The molecule has 1 rings (SSSR count). The van der Waals surface area contributed by atoms with Crippen molar-refractivity contribution in [3.63, 3.8) is 0 Å². The molecule has 6 heteroatoms. The molecule has 1 atom stereocenters. The van der Waals surface area contributed by atoms with Crippen LogP contribution in [0.5, 0.6) is 0 Å². The number of ketones is 1. The van der Waals surface area contributed by atoms with Gasteiger partial charge in [0.1, 0.15) is 12.6 Å². The molecule has 0 heterocycles. The summed E-state index contributed by atoms with van der Waals surface area (Å²) in [6.45, 7) is 0.132. The minimum absolute atomic E-state index is 0.108. The lowest BCUT2D eigenvalue weighted by Gasteiger charge is -2.26. The lowest BCUT2D eigenvalue weighted by atomic mass is 10.1. The monoisotopic (exact) mass is 358 g/mol. The number of hydrogen-bond acceptors (Lipinski definition) is 4. The maximum absolute atomic E-state index is 11.8. The highest BCUT2D eigenvalue weighted by molar-refractivity contribution is 9.10. The maximum Gasteiger partial charge on any atom is 0.309 e. The number of benzene rings is 1. The van der Waals surface area contributed by atoms with Gasteiger partial charge >= 0.3 is 5.97 Å². The summed E-state index contributed by atoms with van der Waals surface area (Å²) in [4.78, 5) is 23.4. The molecule has 0 amide bonds. The van der Waals surface area contributed by atoms with E-state index in [9.17, 15) is 14.7 Å². The van der Waals surface area contributed by atoms with E-state index < -0.39 is 12.1 Å². The van der Waals surface area contributed by atoms with Crippen molar-refractivity contribution < 1.29 is 23.9 Å². The summed E-state index contributed by atoms with van der Waals surface area (Å²) in [7, 11) is 5.77. The van der Waals surface area contributed by atoms with Gasteiger partial charge in [-0.15, -0.1) is 0 Å². The third-order valence-electron chi connectivity index (χ3n) is 2.69. The van der Waals surface area contributed by atoms with Gasteiger partial charge in [0.2, 0.25) is 0 Å². The van der Waals surface area contributed by atoms with E-state index in [2.05, 4.69) is 15.9 Å². The fraction of sp³-hybridized carbons (Fsp3) is 0.467. The fourth-order valence-electron chi connectivity index (χ4n) is 1.81. The highest BCUT2D eigenvalue weighted by atomic mass is 79.9. The third-order valence-corrected chi connectivity index (χ3v) is 3.22. The molecule has 1 aromatic carbocycles. The van der Waals surface area contributed by atoms with Gasteiger partial charge in [0.15, 0.2) is 12.4 Å². The van der Waals surface area contributed by atoms with Gasteiger partial charge in [-0.05, 0) is 12.1 Å². The van der Waals surface area contributed by atoms with Crippen LogP contribution in [0.2, 0.25) is 0 Å². The second-order valence-corrected chi connectivity index (χ2v) is 6.84. The molecule has 0 unspecified atom stereocenters. The molecule has 0 aliphatic heterocycles. The third kappa shape index (κ3) is 7.36. The number of carbonyl (C=O) groups is 2. The Bertz CT molecular complexity index is 493. The predicted octanol–water partition coefficient (Wildman–Crippen LogP) is 1.63. The van der Waals surface area contributed by atoms with Gasteiger partial charge in [-0.25, -0.2) is 0 Å². The van der Waals surface area contributed by atoms with Crippen molar-refractivity contribution >= 4 is 27.7 Å². The molecule has 0 aliphatic carbocycles. The number of rotatable bonds is 7. The number of ether oxygens (including phenoxy) is 1. The Hall–Kier alpha value is -1.24. The van der Waals surface area contributed by atoms with Crippen molar-refractivity contribution in [2.45, 2.75) is 12.5 Å². The number of carbonyl (C=O) groups excluding carboxylic acids is 2. The van der Waals surface area contributed by atoms with Crippen LogP contribution in [0.4, 0.5) is 0 Å². The first-order valence-electron chi connectivity index (χ1n) is 6.60. The summed E-state index contributed by atoms with van der Waals surface area (Å²) < 4.78 is 6.33. The van der Waals surface area contributed by atoms with Gasteiger partial charge in [0.05, 0.1) is 27.6 Å². The van der Waals surface area contributed by atoms with Crippen LogP contribution in [0, 0.1) is 0 Å². The van der Waals surface area contributed by atoms with Crippen molar-refractivity contribution in [1.82, 2.24) is 0 Å². The van der Waals surface area contributed by atoms with Crippen molar-refractivity contribution in [1.29, 1.82) is 0 Å². The minimum Gasteiger partial charge on any atom is -0.457 e. The highest BCUT2D eigenvalue weighted by Crippen LogP contribution is 2.11. The Kier molecular flexibility index (Phi) is 6.51. The lowest BCUT2D eigenvalue weighted by Crippen LogP contribution is -2.42. The molecule has 0 saturated carbocycles. The topological polar surface area (TPSA) is 63.6 Å². The molecule has 0 saturated heterocycles. The van der Waals surface area contributed by atoms with E-state index >= 15 is 0 Å². The summed E-state index contributed by atoms with van der Waals surface area (Å²) in [5.74, 6) is -0.835. The highest BCUT2D eigenvalue weighted by Gasteiger charge is 2.20. The molecule has 0 spiro atoms. The zero-order chi connectivity index (χ0) is 16.0. The average molecular weight is 359 g/mol. The summed E-state index contributed by atoms with van der Waals surface area (Å²) in [5.41, 5.74) is 0.484. The van der Waals surface area contributed by atoms with Gasteiger partial charge in [-0.3, -0.25) is 9.59 Å². The van der Waals surface area contributed by atoms with E-state index in [4.69, 9.17) is 4.74 Å². The van der Waals surface area contributed by atoms with E-state index in [0.717, 1.165) is 4.47 Å². The Morgan fingerprint density at radius 1 is 1.24 bits per heavy atom. The van der Waals surface area contributed by atoms with Crippen LogP contribution in [0.3, 0.4) is 0 Å². The largest absolute Gasteiger partial charge is 0.457 e. The van der Waals surface area contributed by atoms with Gasteiger partial charge in [-0.1, -0.05) is 28.1 Å². The van der Waals surface area contributed by atoms with E-state index in [1.807, 2.05) is 21.1 Å². The van der Waals surface area contributed by atoms with Crippen LogP contribution in [0.25, 0.3) is 0 Å². The Labute approximate surface area is 133 Å². The van der Waals surface area contributed by atoms with E-state index in [0.29, 0.717) is 16.6 Å². The SMILES string of the molecule is C[N+](C)(C)C[C@H](O)CC(=O)OCC(=O)c1ccc(Br)cc1. The number of Topliss-reactive ketones (excluding diaryl/α,β-unsaturated/α-hetero) is 1. The Morgan fingerprint density at radius 3 is 2.33 bits per heavy atom. The zero-order valence-electron chi connectivity index (χ0n) is 12.5. The quantitative estimate of drug-likeness (QED) is 0.457. The number of quaternary nitrogens is 1. The normalized spacial score (nSPS) is 12.8. The number of esters is 1. The van der Waals surface area contributed by atoms with Crippen LogP contribution in [-0.4, -0.2) is 61.7 Å². The maximum atomic E-state index is 11.8. The molecule has 1 aromatic rings. The van der Waals surface area contributed by atoms with Gasteiger partial charge in [0, 0.05) is 10.0 Å². The van der Waals surface area contributed by atoms with E-state index in [1.54, 1.807) is 24.3 Å². The van der Waals surface area contributed by atoms with Gasteiger partial charge in [-0.2, -0.15) is 0 Å². The Balaban J connectivity index is 2.39. The summed E-state index contributed by atoms with van der Waals surface area (Å²) in [5, 5.41) is 9.76. The smallest absolute Gasteiger partial charge is 0.309 e. The first kappa shape index (κ1) is 17.8. The standard InChI is InChI=1S/C15H21BrNO4/c1-17(2,3)9-13(18)8-15(20)21-10-14(19)11-4-6-12(16)7-5-11/h4-7,13,18H,8-10H2,1-3H3/q+1/t13-/m1/s1. The fourth-order valence-corrected chi connectivity index (χ4v) is 2.08. The van der Waals surface area contributed by atoms with Gasteiger partial charge < -0.3 is 14.3 Å². The van der Waals surface area contributed by atoms with E-state index in [-0.39, 0.29) is 18.8 Å². The molecular formula is C15H21BrNO4+. The molecule has 116 valence electrons. The first-order chi connectivity index (χ1) is 9.67. The minimum atomic E-state index is -0.778. The number of aliphatic hydroxyl groups excluding tert-OH is 1. The molecule has 0 aliphatic rings. The molecule has 5 nitrogen and oxygen atoms in total. The van der Waals surface area contributed by atoms with Crippen molar-refractivity contribution in [3.05, 3.63) is 34.3 Å². The summed E-state index contributed by atoms with van der Waals surface area (Å²) >= 11 is 3.28. The molecule has 21 heavy (non-hydrogen) atoms. The molecule has 0 aromatic heterocycles. The first-order valence-corrected chi connectivity index (χ1v) is 7.39. The molecular weight excluding hydrogens is 338 g/mol. The summed E-state index contributed by atoms with van der Waals surface area (Å²) in [6, 6.07) is 6.82. The predicted molar refractivity (Wildman–Crippen MR) is 83.0 cm³/mol. The Morgan fingerprint density at radius 2 is 1.81 bits per heavy atom. The summed E-state index contributed by atoms with van der Waals surface area (Å²) in [6.07, 6.45) is -0.886. The van der Waals surface area contributed by atoms with Crippen molar-refractivity contribution in [2.75, 3.05) is 34.3 Å². The van der Waals surface area contributed by atoms with Gasteiger partial charge in [0.25, 0.3) is 0 Å². The number of likely N-dealkylation sites (N-methyl/N-ethyl adjacent to an activating group) is 1. The van der Waals surface area contributed by atoms with Crippen LogP contribution in [-0.2, 0) is 9.53 Å². The second-order valence-electron chi connectivity index (χ2n) is 5.92. The van der Waals surface area contributed by atoms with Crippen molar-refractivity contribution in [3.8, 4) is 0 Å². The van der Waals surface area contributed by atoms with Crippen LogP contribution < -0.4 is 0 Å². The molecule has 1 N–H and O–H groups in total.